The first-order valence-electron chi connectivity index (χ1n) is 3.40. The number of methoxy groups -OCH3 is 1. The summed E-state index contributed by atoms with van der Waals surface area (Å²) in [4.78, 5) is 0. The van der Waals surface area contributed by atoms with E-state index in [1.807, 2.05) is 0 Å². The van der Waals surface area contributed by atoms with Crippen molar-refractivity contribution in [3.05, 3.63) is 0 Å². The van der Waals surface area contributed by atoms with Crippen molar-refractivity contribution < 1.29 is 4.74 Å². The van der Waals surface area contributed by atoms with Gasteiger partial charge >= 0.3 is 0 Å². The van der Waals surface area contributed by atoms with E-state index >= 15 is 0 Å². The third kappa shape index (κ3) is 4.91. The molecule has 0 aromatic rings. The summed E-state index contributed by atoms with van der Waals surface area (Å²) in [6, 6.07) is 0. The molecule has 0 saturated carbocycles. The van der Waals surface area contributed by atoms with Crippen molar-refractivity contribution in [3.8, 4) is 0 Å². The van der Waals surface area contributed by atoms with Crippen LogP contribution in [0.15, 0.2) is 0 Å². The highest BCUT2D eigenvalue weighted by molar-refractivity contribution is 9.09. The Labute approximate surface area is 65.9 Å². The molecule has 1 atom stereocenters. The van der Waals surface area contributed by atoms with Crippen LogP contribution in [0.3, 0.4) is 0 Å². The Bertz CT molecular complexity index is 52.9. The zero-order valence-corrected chi connectivity index (χ0v) is 7.78. The number of alkyl halides is 1. The van der Waals surface area contributed by atoms with E-state index < -0.39 is 0 Å². The summed E-state index contributed by atoms with van der Waals surface area (Å²) in [6.45, 7) is 3.10. The quantitative estimate of drug-likeness (QED) is 0.612. The molecule has 0 heterocycles. The molecule has 0 aliphatic rings. The lowest BCUT2D eigenvalue weighted by molar-refractivity contribution is 0.180. The molecule has 2 heteroatoms. The molecule has 1 nitrogen and oxygen atoms in total. The lowest BCUT2D eigenvalue weighted by Gasteiger charge is -2.08. The first kappa shape index (κ1) is 9.44. The molecule has 56 valence electrons. The van der Waals surface area contributed by atoms with E-state index in [4.69, 9.17) is 4.74 Å². The molecule has 0 spiro atoms. The van der Waals surface area contributed by atoms with Gasteiger partial charge in [0.1, 0.15) is 0 Å². The molecule has 0 aliphatic carbocycles. The molecule has 0 bridgehead atoms. The Hall–Kier alpha value is 0.440. The molecule has 9 heavy (non-hydrogen) atoms. The van der Waals surface area contributed by atoms with Crippen LogP contribution < -0.4 is 0 Å². The number of rotatable bonds is 5. The fourth-order valence-corrected chi connectivity index (χ4v) is 1.46. The van der Waals surface area contributed by atoms with Crippen LogP contribution in [0.25, 0.3) is 0 Å². The van der Waals surface area contributed by atoms with Gasteiger partial charge in [-0.15, -0.1) is 0 Å². The second kappa shape index (κ2) is 6.56. The number of halogens is 1. The topological polar surface area (TPSA) is 9.23 Å². The molecule has 0 aromatic carbocycles. The van der Waals surface area contributed by atoms with Crippen molar-refractivity contribution in [1.82, 2.24) is 0 Å². The Morgan fingerprint density at radius 3 is 2.56 bits per heavy atom. The molecule has 0 rings (SSSR count). The van der Waals surface area contributed by atoms with Gasteiger partial charge in [0.25, 0.3) is 0 Å². The van der Waals surface area contributed by atoms with Gasteiger partial charge in [0, 0.05) is 19.0 Å². The fraction of sp³-hybridized carbons (Fsp3) is 1.00. The van der Waals surface area contributed by atoms with Crippen LogP contribution in [0.5, 0.6) is 0 Å². The molecule has 0 amide bonds. The minimum absolute atomic E-state index is 0.796. The van der Waals surface area contributed by atoms with Crippen molar-refractivity contribution in [2.24, 2.45) is 5.92 Å². The Balaban J connectivity index is 3.09. The van der Waals surface area contributed by atoms with E-state index in [-0.39, 0.29) is 0 Å². The number of hydrogen-bond acceptors (Lipinski definition) is 1. The molecule has 0 aliphatic heterocycles. The van der Waals surface area contributed by atoms with Gasteiger partial charge in [-0.1, -0.05) is 29.3 Å². The Kier molecular flexibility index (Phi) is 6.88. The number of ether oxygens (including phenoxy) is 1. The molecule has 0 fully saturated rings. The van der Waals surface area contributed by atoms with Crippen LogP contribution in [-0.2, 0) is 4.74 Å². The standard InChI is InChI=1S/C7H15BrO/c1-3-7(6-8)4-5-9-2/h7H,3-6H2,1-2H3. The van der Waals surface area contributed by atoms with Crippen molar-refractivity contribution in [2.75, 3.05) is 19.0 Å². The van der Waals surface area contributed by atoms with E-state index in [9.17, 15) is 0 Å². The van der Waals surface area contributed by atoms with Gasteiger partial charge in [0.2, 0.25) is 0 Å². The Morgan fingerprint density at radius 2 is 2.22 bits per heavy atom. The van der Waals surface area contributed by atoms with Gasteiger partial charge in [-0.3, -0.25) is 0 Å². The Morgan fingerprint density at radius 1 is 1.56 bits per heavy atom. The van der Waals surface area contributed by atoms with Crippen LogP contribution in [0.2, 0.25) is 0 Å². The van der Waals surface area contributed by atoms with Crippen LogP contribution in [0.1, 0.15) is 19.8 Å². The molecular weight excluding hydrogens is 180 g/mol. The van der Waals surface area contributed by atoms with Crippen molar-refractivity contribution >= 4 is 15.9 Å². The maximum atomic E-state index is 4.96. The third-order valence-electron chi connectivity index (χ3n) is 1.53. The third-order valence-corrected chi connectivity index (χ3v) is 2.44. The van der Waals surface area contributed by atoms with E-state index in [2.05, 4.69) is 22.9 Å². The molecule has 0 saturated heterocycles. The van der Waals surface area contributed by atoms with Crippen molar-refractivity contribution in [1.29, 1.82) is 0 Å². The summed E-state index contributed by atoms with van der Waals surface area (Å²) in [6.07, 6.45) is 2.42. The van der Waals surface area contributed by atoms with Crippen molar-refractivity contribution in [3.63, 3.8) is 0 Å². The highest BCUT2D eigenvalue weighted by Gasteiger charge is 2.01. The lowest BCUT2D eigenvalue weighted by Crippen LogP contribution is -2.03. The minimum atomic E-state index is 0.796. The normalized spacial score (nSPS) is 13.7. The first-order chi connectivity index (χ1) is 4.35. The monoisotopic (exact) mass is 194 g/mol. The summed E-state index contributed by atoms with van der Waals surface area (Å²) in [7, 11) is 1.75. The lowest BCUT2D eigenvalue weighted by atomic mass is 10.1. The zero-order valence-electron chi connectivity index (χ0n) is 6.19. The predicted octanol–water partition coefficient (Wildman–Crippen LogP) is 2.44. The van der Waals surface area contributed by atoms with Crippen molar-refractivity contribution in [2.45, 2.75) is 19.8 Å². The van der Waals surface area contributed by atoms with E-state index in [1.165, 1.54) is 12.8 Å². The average Bonchev–Trinajstić information content (AvgIpc) is 1.91. The average molecular weight is 195 g/mol. The SMILES string of the molecule is CCC(CBr)CCOC. The smallest absolute Gasteiger partial charge is 0.0465 e. The van der Waals surface area contributed by atoms with E-state index in [0.717, 1.165) is 17.9 Å². The zero-order chi connectivity index (χ0) is 7.11. The second-order valence-electron chi connectivity index (χ2n) is 2.21. The van der Waals surface area contributed by atoms with Gasteiger partial charge in [-0.05, 0) is 12.3 Å². The van der Waals surface area contributed by atoms with Crippen LogP contribution >= 0.6 is 15.9 Å². The molecule has 0 N–H and O–H groups in total. The van der Waals surface area contributed by atoms with Crippen LogP contribution in [0, 0.1) is 5.92 Å². The summed E-state index contributed by atoms with van der Waals surface area (Å²) in [5.41, 5.74) is 0. The highest BCUT2D eigenvalue weighted by atomic mass is 79.9. The van der Waals surface area contributed by atoms with Gasteiger partial charge in [0.15, 0.2) is 0 Å². The summed E-state index contributed by atoms with van der Waals surface area (Å²) >= 11 is 3.45. The van der Waals surface area contributed by atoms with Gasteiger partial charge in [-0.25, -0.2) is 0 Å². The van der Waals surface area contributed by atoms with Crippen LogP contribution in [-0.4, -0.2) is 19.0 Å². The van der Waals surface area contributed by atoms with E-state index in [1.54, 1.807) is 7.11 Å². The molecule has 1 unspecified atom stereocenters. The highest BCUT2D eigenvalue weighted by Crippen LogP contribution is 2.10. The molecule has 0 radical (unpaired) electrons. The molecule has 0 aromatic heterocycles. The van der Waals surface area contributed by atoms with Gasteiger partial charge in [-0.2, -0.15) is 0 Å². The maximum absolute atomic E-state index is 4.96. The van der Waals surface area contributed by atoms with Crippen LogP contribution in [0.4, 0.5) is 0 Å². The first-order valence-corrected chi connectivity index (χ1v) is 4.52. The summed E-state index contributed by atoms with van der Waals surface area (Å²) < 4.78 is 4.96. The largest absolute Gasteiger partial charge is 0.385 e. The molecular formula is C7H15BrO. The van der Waals surface area contributed by atoms with Gasteiger partial charge in [0.05, 0.1) is 0 Å². The fourth-order valence-electron chi connectivity index (χ4n) is 0.675. The summed E-state index contributed by atoms with van der Waals surface area (Å²) in [5.74, 6) is 0.796. The summed E-state index contributed by atoms with van der Waals surface area (Å²) in [5, 5.41) is 1.10. The second-order valence-corrected chi connectivity index (χ2v) is 2.86. The maximum Gasteiger partial charge on any atom is 0.0465 e. The van der Waals surface area contributed by atoms with Gasteiger partial charge < -0.3 is 4.74 Å². The minimum Gasteiger partial charge on any atom is -0.385 e. The number of hydrogen-bond donors (Lipinski definition) is 0. The van der Waals surface area contributed by atoms with E-state index in [0.29, 0.717) is 0 Å². The predicted molar refractivity (Wildman–Crippen MR) is 44.1 cm³/mol.